The number of rotatable bonds is 7. The Balaban J connectivity index is 1.57. The van der Waals surface area contributed by atoms with Gasteiger partial charge in [-0.15, -0.1) is 0 Å². The summed E-state index contributed by atoms with van der Waals surface area (Å²) in [5.41, 5.74) is 6.47. The number of Topliss-reactive ketones (excluding diaryl/α,β-unsaturated/α-hetero) is 1. The number of urea groups is 1. The highest BCUT2D eigenvalue weighted by atomic mass is 79.9. The van der Waals surface area contributed by atoms with E-state index >= 15 is 4.39 Å². The highest BCUT2D eigenvalue weighted by molar-refractivity contribution is 9.10. The summed E-state index contributed by atoms with van der Waals surface area (Å²) in [6.07, 6.45) is 2.09. The Kier molecular flexibility index (Phi) is 7.11. The van der Waals surface area contributed by atoms with Crippen molar-refractivity contribution >= 4 is 45.2 Å². The summed E-state index contributed by atoms with van der Waals surface area (Å²) in [5, 5.41) is 5.38. The Bertz CT molecular complexity index is 1300. The van der Waals surface area contributed by atoms with Crippen LogP contribution in [0.3, 0.4) is 0 Å². The third kappa shape index (κ3) is 5.65. The molecule has 2 amide bonds. The maximum Gasteiger partial charge on any atom is 0.343 e. The van der Waals surface area contributed by atoms with Crippen LogP contribution in [0, 0.1) is 5.82 Å². The number of amides is 2. The van der Waals surface area contributed by atoms with Crippen LogP contribution < -0.4 is 21.1 Å². The largest absolute Gasteiger partial charge is 0.422 e. The van der Waals surface area contributed by atoms with Crippen LogP contribution in [-0.4, -0.2) is 28.8 Å². The summed E-state index contributed by atoms with van der Waals surface area (Å²) >= 11 is 3.27. The summed E-state index contributed by atoms with van der Waals surface area (Å²) in [7, 11) is 0. The van der Waals surface area contributed by atoms with Gasteiger partial charge in [0.15, 0.2) is 5.78 Å². The summed E-state index contributed by atoms with van der Waals surface area (Å²) in [6, 6.07) is 11.1. The fraction of sp³-hybridized carbons (Fsp3) is 0.200. The van der Waals surface area contributed by atoms with Crippen molar-refractivity contribution < 1.29 is 23.5 Å². The number of aromatic nitrogens is 1. The lowest BCUT2D eigenvalue weighted by Crippen LogP contribution is -2.31. The van der Waals surface area contributed by atoms with E-state index in [-0.39, 0.29) is 34.6 Å². The van der Waals surface area contributed by atoms with Gasteiger partial charge in [0, 0.05) is 40.3 Å². The minimum absolute atomic E-state index is 0.0774. The number of benzene rings is 2. The van der Waals surface area contributed by atoms with Crippen molar-refractivity contribution in [2.24, 2.45) is 0 Å². The normalized spacial score (nSPS) is 16.3. The third-order valence-electron chi connectivity index (χ3n) is 5.53. The summed E-state index contributed by atoms with van der Waals surface area (Å²) in [4.78, 5) is 41.9. The zero-order chi connectivity index (χ0) is 25.1. The first-order chi connectivity index (χ1) is 16.8. The molecule has 0 spiro atoms. The number of nitrogens with one attached hydrogen (secondary N) is 2. The number of nitrogens with zero attached hydrogens (tertiary/aromatic N) is 1. The first-order valence-electron chi connectivity index (χ1n) is 10.9. The van der Waals surface area contributed by atoms with Crippen LogP contribution in [0.25, 0.3) is 0 Å². The van der Waals surface area contributed by atoms with Crippen molar-refractivity contribution in [3.63, 3.8) is 0 Å². The average molecular weight is 541 g/mol. The van der Waals surface area contributed by atoms with Crippen LogP contribution in [0.4, 0.5) is 20.7 Å². The SMILES string of the molecule is CCC(=O)c1ccc(F)c([C@@H]2C[C@@H]2NC(=O)Nc2ccc(Br)cn2)c1OC(=O)c1cccc(N)c1. The monoisotopic (exact) mass is 540 g/mol. The van der Waals surface area contributed by atoms with Gasteiger partial charge in [-0.1, -0.05) is 13.0 Å². The highest BCUT2D eigenvalue weighted by Crippen LogP contribution is 2.47. The Morgan fingerprint density at radius 2 is 2.00 bits per heavy atom. The van der Waals surface area contributed by atoms with E-state index in [0.717, 1.165) is 4.47 Å². The van der Waals surface area contributed by atoms with Gasteiger partial charge >= 0.3 is 12.0 Å². The molecule has 1 aliphatic carbocycles. The molecule has 2 atom stereocenters. The molecule has 0 unspecified atom stereocenters. The molecule has 1 aromatic heterocycles. The molecule has 180 valence electrons. The van der Waals surface area contributed by atoms with Crippen molar-refractivity contribution in [1.29, 1.82) is 0 Å². The standard InChI is InChI=1S/C25H22BrFN4O4/c1-2-20(32)16-7-8-18(27)22(23(16)35-24(33)13-4-3-5-15(28)10-13)17-11-19(17)30-25(34)31-21-9-6-14(26)12-29-21/h3-10,12,17,19H,2,11,28H2,1H3,(H2,29,30,31,34)/t17-,19+/m1/s1. The zero-order valence-electron chi connectivity index (χ0n) is 18.7. The number of hydrogen-bond donors (Lipinski definition) is 3. The van der Waals surface area contributed by atoms with E-state index < -0.39 is 29.8 Å². The molecule has 2 aromatic carbocycles. The molecule has 1 saturated carbocycles. The van der Waals surface area contributed by atoms with Crippen molar-refractivity contribution in [2.75, 3.05) is 11.1 Å². The average Bonchev–Trinajstić information content (AvgIpc) is 3.58. The predicted octanol–water partition coefficient (Wildman–Crippen LogP) is 5.05. The number of carbonyl (C=O) groups is 3. The molecule has 35 heavy (non-hydrogen) atoms. The van der Waals surface area contributed by atoms with Crippen LogP contribution in [-0.2, 0) is 0 Å². The molecule has 0 bridgehead atoms. The number of carbonyl (C=O) groups excluding carboxylic acids is 3. The maximum absolute atomic E-state index is 15.0. The van der Waals surface area contributed by atoms with Gasteiger partial charge in [0.05, 0.1) is 11.1 Å². The number of ketones is 1. The maximum atomic E-state index is 15.0. The number of anilines is 2. The zero-order valence-corrected chi connectivity index (χ0v) is 20.3. The lowest BCUT2D eigenvalue weighted by Gasteiger charge is -2.15. The van der Waals surface area contributed by atoms with Gasteiger partial charge in [-0.3, -0.25) is 10.1 Å². The predicted molar refractivity (Wildman–Crippen MR) is 132 cm³/mol. The van der Waals surface area contributed by atoms with Crippen molar-refractivity contribution in [3.8, 4) is 5.75 Å². The van der Waals surface area contributed by atoms with Crippen molar-refractivity contribution in [3.05, 3.63) is 81.7 Å². The van der Waals surface area contributed by atoms with Crippen LogP contribution in [0.1, 0.15) is 52.0 Å². The van der Waals surface area contributed by atoms with Crippen LogP contribution in [0.5, 0.6) is 5.75 Å². The van der Waals surface area contributed by atoms with Crippen LogP contribution in [0.2, 0.25) is 0 Å². The van der Waals surface area contributed by atoms with E-state index in [1.54, 1.807) is 37.4 Å². The van der Waals surface area contributed by atoms with Crippen molar-refractivity contribution in [1.82, 2.24) is 10.3 Å². The molecular formula is C25H22BrFN4O4. The minimum Gasteiger partial charge on any atom is -0.422 e. The fourth-order valence-corrected chi connectivity index (χ4v) is 3.94. The van der Waals surface area contributed by atoms with Gasteiger partial charge in [0.25, 0.3) is 0 Å². The molecule has 0 radical (unpaired) electrons. The first kappa shape index (κ1) is 24.3. The van der Waals surface area contributed by atoms with Gasteiger partial charge in [0.1, 0.15) is 17.4 Å². The van der Waals surface area contributed by atoms with Crippen LogP contribution >= 0.6 is 15.9 Å². The lowest BCUT2D eigenvalue weighted by molar-refractivity contribution is 0.0730. The first-order valence-corrected chi connectivity index (χ1v) is 11.7. The highest BCUT2D eigenvalue weighted by Gasteiger charge is 2.44. The Labute approximate surface area is 209 Å². The van der Waals surface area contributed by atoms with E-state index in [1.165, 1.54) is 24.3 Å². The third-order valence-corrected chi connectivity index (χ3v) is 6.00. The van der Waals surface area contributed by atoms with E-state index in [1.807, 2.05) is 0 Å². The molecule has 1 aliphatic rings. The Morgan fingerprint density at radius 3 is 2.69 bits per heavy atom. The number of hydrogen-bond acceptors (Lipinski definition) is 6. The number of pyridine rings is 1. The molecule has 0 aliphatic heterocycles. The molecule has 1 fully saturated rings. The summed E-state index contributed by atoms with van der Waals surface area (Å²) in [5.74, 6) is -1.96. The van der Waals surface area contributed by atoms with Crippen LogP contribution in [0.15, 0.2) is 59.2 Å². The van der Waals surface area contributed by atoms with Crippen molar-refractivity contribution in [2.45, 2.75) is 31.7 Å². The lowest BCUT2D eigenvalue weighted by atomic mass is 9.99. The van der Waals surface area contributed by atoms with Gasteiger partial charge in [0.2, 0.25) is 0 Å². The molecular weight excluding hydrogens is 519 g/mol. The number of nitrogen functional groups attached to an aromatic ring is 1. The number of halogens is 2. The minimum atomic E-state index is -0.765. The van der Waals surface area contributed by atoms with E-state index in [0.29, 0.717) is 17.9 Å². The number of ether oxygens (including phenoxy) is 1. The second-order valence-electron chi connectivity index (χ2n) is 8.04. The summed E-state index contributed by atoms with van der Waals surface area (Å²) < 4.78 is 21.4. The molecule has 4 rings (SSSR count). The molecule has 10 heteroatoms. The molecule has 4 N–H and O–H groups in total. The number of nitrogens with two attached hydrogens (primary N) is 1. The molecule has 3 aromatic rings. The topological polar surface area (TPSA) is 123 Å². The second kappa shape index (κ2) is 10.2. The summed E-state index contributed by atoms with van der Waals surface area (Å²) in [6.45, 7) is 1.66. The van der Waals surface area contributed by atoms with E-state index in [9.17, 15) is 14.4 Å². The Morgan fingerprint density at radius 1 is 1.20 bits per heavy atom. The number of esters is 1. The van der Waals surface area contributed by atoms with Gasteiger partial charge in [-0.2, -0.15) is 0 Å². The molecule has 8 nitrogen and oxygen atoms in total. The van der Waals surface area contributed by atoms with Gasteiger partial charge < -0.3 is 15.8 Å². The van der Waals surface area contributed by atoms with E-state index in [2.05, 4.69) is 31.5 Å². The molecule has 0 saturated heterocycles. The quantitative estimate of drug-likeness (QED) is 0.166. The van der Waals surface area contributed by atoms with Gasteiger partial charge in [-0.25, -0.2) is 19.0 Å². The second-order valence-corrected chi connectivity index (χ2v) is 8.95. The molecule has 1 heterocycles. The van der Waals surface area contributed by atoms with E-state index in [4.69, 9.17) is 10.5 Å². The Hall–Kier alpha value is -3.79. The smallest absolute Gasteiger partial charge is 0.343 e. The van der Waals surface area contributed by atoms with Gasteiger partial charge in [-0.05, 0) is 64.8 Å². The fourth-order valence-electron chi connectivity index (χ4n) is 3.70.